The van der Waals surface area contributed by atoms with E-state index in [1.54, 1.807) is 30.5 Å². The summed E-state index contributed by atoms with van der Waals surface area (Å²) in [6.45, 7) is 3.71. The van der Waals surface area contributed by atoms with Crippen LogP contribution in [0.25, 0.3) is 5.82 Å². The first-order valence-electron chi connectivity index (χ1n) is 10.9. The van der Waals surface area contributed by atoms with Crippen molar-refractivity contribution in [2.45, 2.75) is 11.8 Å². The van der Waals surface area contributed by atoms with Crippen molar-refractivity contribution in [2.24, 2.45) is 0 Å². The van der Waals surface area contributed by atoms with Gasteiger partial charge in [0.2, 0.25) is 10.0 Å². The van der Waals surface area contributed by atoms with Gasteiger partial charge in [0, 0.05) is 38.6 Å². The second-order valence-electron chi connectivity index (χ2n) is 7.87. The summed E-state index contributed by atoms with van der Waals surface area (Å²) in [5, 5.41) is 8.63. The number of imidazole rings is 1. The minimum atomic E-state index is -3.59. The molecule has 0 bridgehead atoms. The van der Waals surface area contributed by atoms with Crippen molar-refractivity contribution < 1.29 is 13.2 Å². The maximum Gasteiger partial charge on any atom is 0.243 e. The third kappa shape index (κ3) is 4.50. The summed E-state index contributed by atoms with van der Waals surface area (Å²) in [4.78, 5) is 6.49. The van der Waals surface area contributed by atoms with E-state index in [0.29, 0.717) is 43.5 Å². The maximum atomic E-state index is 13.1. The van der Waals surface area contributed by atoms with E-state index in [1.165, 1.54) is 4.31 Å². The molecule has 1 fully saturated rings. The number of benzene rings is 2. The zero-order chi connectivity index (χ0) is 23.5. The third-order valence-corrected chi connectivity index (χ3v) is 7.62. The van der Waals surface area contributed by atoms with Gasteiger partial charge in [-0.05, 0) is 55.5 Å². The minimum Gasteiger partial charge on any atom is -0.457 e. The quantitative estimate of drug-likeness (QED) is 0.422. The van der Waals surface area contributed by atoms with Crippen LogP contribution in [-0.4, -0.2) is 58.7 Å². The number of aryl methyl sites for hydroxylation is 1. The first-order chi connectivity index (χ1) is 16.5. The predicted molar refractivity (Wildman–Crippen MR) is 128 cm³/mol. The van der Waals surface area contributed by atoms with Gasteiger partial charge in [-0.25, -0.2) is 13.4 Å². The molecule has 3 heterocycles. The van der Waals surface area contributed by atoms with E-state index in [2.05, 4.69) is 15.2 Å². The molecule has 5 rings (SSSR count). The van der Waals surface area contributed by atoms with Crippen molar-refractivity contribution in [2.75, 3.05) is 31.1 Å². The van der Waals surface area contributed by atoms with Crippen LogP contribution in [0.5, 0.6) is 11.5 Å². The fourth-order valence-corrected chi connectivity index (χ4v) is 5.27. The van der Waals surface area contributed by atoms with Crippen LogP contribution < -0.4 is 9.64 Å². The van der Waals surface area contributed by atoms with Crippen LogP contribution in [-0.2, 0) is 10.0 Å². The van der Waals surface area contributed by atoms with Gasteiger partial charge in [0.1, 0.15) is 17.3 Å². The number of piperazine rings is 1. The molecule has 10 heteroatoms. The molecule has 0 unspecified atom stereocenters. The first-order valence-corrected chi connectivity index (χ1v) is 12.4. The molecule has 2 aromatic carbocycles. The molecule has 0 N–H and O–H groups in total. The Morgan fingerprint density at radius 2 is 1.44 bits per heavy atom. The summed E-state index contributed by atoms with van der Waals surface area (Å²) in [6.07, 6.45) is 3.55. The average Bonchev–Trinajstić information content (AvgIpc) is 3.31. The fraction of sp³-hybridized carbons (Fsp3) is 0.208. The molecule has 0 radical (unpaired) electrons. The Morgan fingerprint density at radius 3 is 2.06 bits per heavy atom. The van der Waals surface area contributed by atoms with Gasteiger partial charge in [0.15, 0.2) is 11.6 Å². The molecule has 2 aromatic heterocycles. The van der Waals surface area contributed by atoms with Crippen LogP contribution in [0.1, 0.15) is 5.82 Å². The Labute approximate surface area is 198 Å². The summed E-state index contributed by atoms with van der Waals surface area (Å²) < 4.78 is 35.4. The predicted octanol–water partition coefficient (Wildman–Crippen LogP) is 3.27. The van der Waals surface area contributed by atoms with Gasteiger partial charge in [-0.3, -0.25) is 4.57 Å². The van der Waals surface area contributed by atoms with Gasteiger partial charge in [-0.2, -0.15) is 4.31 Å². The number of anilines is 1. The van der Waals surface area contributed by atoms with Gasteiger partial charge in [0.25, 0.3) is 0 Å². The van der Waals surface area contributed by atoms with E-state index >= 15 is 0 Å². The summed E-state index contributed by atoms with van der Waals surface area (Å²) in [5.74, 6) is 3.54. The smallest absolute Gasteiger partial charge is 0.243 e. The Balaban J connectivity index is 1.22. The van der Waals surface area contributed by atoms with Crippen LogP contribution in [0.2, 0.25) is 0 Å². The summed E-state index contributed by atoms with van der Waals surface area (Å²) >= 11 is 0. The van der Waals surface area contributed by atoms with Crippen molar-refractivity contribution in [1.82, 2.24) is 24.1 Å². The lowest BCUT2D eigenvalue weighted by molar-refractivity contribution is 0.383. The van der Waals surface area contributed by atoms with E-state index in [4.69, 9.17) is 4.74 Å². The highest BCUT2D eigenvalue weighted by atomic mass is 32.2. The van der Waals surface area contributed by atoms with Crippen LogP contribution in [0, 0.1) is 6.92 Å². The van der Waals surface area contributed by atoms with Crippen LogP contribution in [0.15, 0.2) is 84.0 Å². The molecule has 0 spiro atoms. The molecule has 4 aromatic rings. The lowest BCUT2D eigenvalue weighted by Crippen LogP contribution is -2.49. The van der Waals surface area contributed by atoms with E-state index in [1.807, 2.05) is 65.1 Å². The van der Waals surface area contributed by atoms with Gasteiger partial charge >= 0.3 is 0 Å². The molecule has 0 saturated carbocycles. The molecule has 0 amide bonds. The van der Waals surface area contributed by atoms with Crippen molar-refractivity contribution in [1.29, 1.82) is 0 Å². The fourth-order valence-electron chi connectivity index (χ4n) is 3.85. The van der Waals surface area contributed by atoms with Gasteiger partial charge in [0.05, 0.1) is 4.90 Å². The van der Waals surface area contributed by atoms with Crippen LogP contribution in [0.3, 0.4) is 0 Å². The van der Waals surface area contributed by atoms with Crippen LogP contribution in [0.4, 0.5) is 5.82 Å². The number of para-hydroxylation sites is 1. The molecule has 174 valence electrons. The maximum absolute atomic E-state index is 13.1. The zero-order valence-electron chi connectivity index (χ0n) is 18.7. The Hall–Kier alpha value is -3.76. The Kier molecular flexibility index (Phi) is 5.99. The summed E-state index contributed by atoms with van der Waals surface area (Å²) in [5.41, 5.74) is 0. The number of ether oxygens (including phenoxy) is 1. The molecular formula is C24H24N6O3S. The van der Waals surface area contributed by atoms with Crippen LogP contribution >= 0.6 is 0 Å². The van der Waals surface area contributed by atoms with E-state index in [9.17, 15) is 8.42 Å². The molecule has 0 atom stereocenters. The second kappa shape index (κ2) is 9.24. The molecule has 9 nitrogen and oxygen atoms in total. The number of hydrogen-bond acceptors (Lipinski definition) is 7. The second-order valence-corrected chi connectivity index (χ2v) is 9.81. The number of nitrogens with zero attached hydrogens (tertiary/aromatic N) is 6. The van der Waals surface area contributed by atoms with Crippen molar-refractivity contribution in [3.8, 4) is 17.3 Å². The lowest BCUT2D eigenvalue weighted by Gasteiger charge is -2.34. The number of rotatable bonds is 6. The molecular weight excluding hydrogens is 452 g/mol. The standard InChI is InChI=1S/C24H24N6O3S/c1-19-25-13-14-30(19)24-12-11-23(26-27-24)28-15-17-29(18-16-28)34(31,32)22-9-7-21(8-10-22)33-20-5-3-2-4-6-20/h2-14H,15-18H2,1H3. The molecule has 34 heavy (non-hydrogen) atoms. The topological polar surface area (TPSA) is 93.5 Å². The SMILES string of the molecule is Cc1nccn1-c1ccc(N2CCN(S(=O)(=O)c3ccc(Oc4ccccc4)cc3)CC2)nn1. The largest absolute Gasteiger partial charge is 0.457 e. The molecule has 0 aliphatic carbocycles. The third-order valence-electron chi connectivity index (χ3n) is 5.71. The Bertz CT molecular complexity index is 1350. The highest BCUT2D eigenvalue weighted by Gasteiger charge is 2.29. The summed E-state index contributed by atoms with van der Waals surface area (Å²) in [7, 11) is -3.59. The minimum absolute atomic E-state index is 0.251. The summed E-state index contributed by atoms with van der Waals surface area (Å²) in [6, 6.07) is 19.7. The first kappa shape index (κ1) is 22.1. The monoisotopic (exact) mass is 476 g/mol. The average molecular weight is 477 g/mol. The van der Waals surface area contributed by atoms with Gasteiger partial charge in [-0.1, -0.05) is 18.2 Å². The number of hydrogen-bond donors (Lipinski definition) is 0. The van der Waals surface area contributed by atoms with E-state index in [0.717, 1.165) is 11.6 Å². The molecule has 1 aliphatic heterocycles. The lowest BCUT2D eigenvalue weighted by atomic mass is 10.3. The van der Waals surface area contributed by atoms with Gasteiger partial charge < -0.3 is 9.64 Å². The van der Waals surface area contributed by atoms with Crippen molar-refractivity contribution in [3.63, 3.8) is 0 Å². The van der Waals surface area contributed by atoms with E-state index in [-0.39, 0.29) is 4.90 Å². The number of sulfonamides is 1. The highest BCUT2D eigenvalue weighted by molar-refractivity contribution is 7.89. The zero-order valence-corrected chi connectivity index (χ0v) is 19.5. The Morgan fingerprint density at radius 1 is 0.794 bits per heavy atom. The van der Waals surface area contributed by atoms with Gasteiger partial charge in [-0.15, -0.1) is 10.2 Å². The molecule has 1 saturated heterocycles. The highest BCUT2D eigenvalue weighted by Crippen LogP contribution is 2.25. The normalized spacial score (nSPS) is 14.8. The van der Waals surface area contributed by atoms with E-state index < -0.39 is 10.0 Å². The van der Waals surface area contributed by atoms with Crippen molar-refractivity contribution in [3.05, 3.63) is 84.9 Å². The van der Waals surface area contributed by atoms with Crippen molar-refractivity contribution >= 4 is 15.8 Å². The number of aromatic nitrogens is 4. The molecule has 1 aliphatic rings.